The van der Waals surface area contributed by atoms with Crippen molar-refractivity contribution >= 4 is 12.1 Å². The molecule has 0 unspecified atom stereocenters. The zero-order valence-electron chi connectivity index (χ0n) is 20.7. The van der Waals surface area contributed by atoms with Crippen LogP contribution in [0.25, 0.3) is 0 Å². The van der Waals surface area contributed by atoms with Crippen molar-refractivity contribution in [1.29, 1.82) is 0 Å². The number of hydrogen-bond donors (Lipinski definition) is 1. The van der Waals surface area contributed by atoms with E-state index < -0.39 is 5.60 Å². The molecule has 2 fully saturated rings. The quantitative estimate of drug-likeness (QED) is 0.493. The highest BCUT2D eigenvalue weighted by molar-refractivity contribution is 5.80. The molecule has 0 aromatic carbocycles. The summed E-state index contributed by atoms with van der Waals surface area (Å²) in [4.78, 5) is 21.9. The van der Waals surface area contributed by atoms with Gasteiger partial charge in [-0.1, -0.05) is 19.0 Å². The maximum atomic E-state index is 12.9. The molecule has 2 aliphatic rings. The number of ether oxygens (including phenoxy) is 1. The van der Waals surface area contributed by atoms with Crippen molar-refractivity contribution in [3.05, 3.63) is 17.5 Å². The SMILES string of the molecule is CCNC(=NCc1cc(C(C)C)no1)N1CCC(N(CC2CC2)C(=O)OC(C)(C)C)CC1. The summed E-state index contributed by atoms with van der Waals surface area (Å²) in [6.07, 6.45) is 4.09. The van der Waals surface area contributed by atoms with Crippen LogP contribution in [0.1, 0.15) is 84.6 Å². The van der Waals surface area contributed by atoms with Crippen LogP contribution in [0.2, 0.25) is 0 Å². The van der Waals surface area contributed by atoms with E-state index >= 15 is 0 Å². The highest BCUT2D eigenvalue weighted by atomic mass is 16.6. The molecule has 1 N–H and O–H groups in total. The van der Waals surface area contributed by atoms with Gasteiger partial charge in [-0.25, -0.2) is 9.79 Å². The van der Waals surface area contributed by atoms with Crippen LogP contribution in [0.5, 0.6) is 0 Å². The van der Waals surface area contributed by atoms with Gasteiger partial charge < -0.3 is 24.4 Å². The van der Waals surface area contributed by atoms with Gasteiger partial charge in [0.25, 0.3) is 0 Å². The van der Waals surface area contributed by atoms with Crippen molar-refractivity contribution in [2.24, 2.45) is 10.9 Å². The number of aromatic nitrogens is 1. The Morgan fingerprint density at radius 3 is 2.53 bits per heavy atom. The number of nitrogens with one attached hydrogen (secondary N) is 1. The van der Waals surface area contributed by atoms with Crippen LogP contribution < -0.4 is 5.32 Å². The third kappa shape index (κ3) is 7.14. The van der Waals surface area contributed by atoms with Gasteiger partial charge in [0, 0.05) is 38.3 Å². The average Bonchev–Trinajstić information content (AvgIpc) is 3.42. The van der Waals surface area contributed by atoms with Crippen molar-refractivity contribution in [2.45, 2.75) is 91.3 Å². The number of aliphatic imine (C=N–C) groups is 1. The summed E-state index contributed by atoms with van der Waals surface area (Å²) >= 11 is 0. The Morgan fingerprint density at radius 2 is 2.00 bits per heavy atom. The van der Waals surface area contributed by atoms with Crippen molar-refractivity contribution < 1.29 is 14.1 Å². The lowest BCUT2D eigenvalue weighted by Gasteiger charge is -2.40. The van der Waals surface area contributed by atoms with Crippen molar-refractivity contribution in [3.63, 3.8) is 0 Å². The summed E-state index contributed by atoms with van der Waals surface area (Å²) < 4.78 is 11.2. The second-order valence-corrected chi connectivity index (χ2v) is 10.3. The van der Waals surface area contributed by atoms with Gasteiger partial charge in [0.1, 0.15) is 12.1 Å². The second kappa shape index (κ2) is 10.6. The molecule has 0 bridgehead atoms. The Labute approximate surface area is 192 Å². The molecule has 0 radical (unpaired) electrons. The molecule has 8 nitrogen and oxygen atoms in total. The number of guanidine groups is 1. The van der Waals surface area contributed by atoms with Gasteiger partial charge in [-0.05, 0) is 65.2 Å². The third-order valence-corrected chi connectivity index (χ3v) is 5.87. The van der Waals surface area contributed by atoms with E-state index in [4.69, 9.17) is 14.3 Å². The summed E-state index contributed by atoms with van der Waals surface area (Å²) in [5, 5.41) is 7.53. The highest BCUT2D eigenvalue weighted by Crippen LogP contribution is 2.32. The number of likely N-dealkylation sites (tertiary alicyclic amines) is 1. The number of nitrogens with zero attached hydrogens (tertiary/aromatic N) is 4. The standard InChI is InChI=1S/C24H41N5O3/c1-7-25-22(26-15-20-14-21(17(2)3)27-32-20)28-12-10-19(11-13-28)29(16-18-8-9-18)23(30)31-24(4,5)6/h14,17-19H,7-13,15-16H2,1-6H3,(H,25,26). The number of carbonyl (C=O) groups excluding carboxylic acids is 1. The van der Waals surface area contributed by atoms with Gasteiger partial charge in [0.15, 0.2) is 11.7 Å². The first kappa shape index (κ1) is 24.4. The molecular weight excluding hydrogens is 406 g/mol. The van der Waals surface area contributed by atoms with E-state index in [1.165, 1.54) is 12.8 Å². The molecule has 1 aromatic heterocycles. The van der Waals surface area contributed by atoms with E-state index in [2.05, 4.69) is 36.1 Å². The number of piperidine rings is 1. The summed E-state index contributed by atoms with van der Waals surface area (Å²) in [5.41, 5.74) is 0.486. The van der Waals surface area contributed by atoms with Gasteiger partial charge in [-0.3, -0.25) is 0 Å². The zero-order valence-corrected chi connectivity index (χ0v) is 20.7. The molecular formula is C24H41N5O3. The molecule has 0 spiro atoms. The third-order valence-electron chi connectivity index (χ3n) is 5.87. The first-order valence-electron chi connectivity index (χ1n) is 12.1. The lowest BCUT2D eigenvalue weighted by Crippen LogP contribution is -2.52. The van der Waals surface area contributed by atoms with E-state index in [1.807, 2.05) is 31.7 Å². The van der Waals surface area contributed by atoms with Gasteiger partial charge in [0.05, 0.1) is 5.69 Å². The lowest BCUT2D eigenvalue weighted by molar-refractivity contribution is 0.00928. The Morgan fingerprint density at radius 1 is 1.31 bits per heavy atom. The molecule has 3 rings (SSSR count). The fraction of sp³-hybridized carbons (Fsp3) is 0.792. The van der Waals surface area contributed by atoms with Crippen LogP contribution in [-0.2, 0) is 11.3 Å². The summed E-state index contributed by atoms with van der Waals surface area (Å²) in [6, 6.07) is 2.20. The van der Waals surface area contributed by atoms with Crippen LogP contribution in [0.4, 0.5) is 4.79 Å². The smallest absolute Gasteiger partial charge is 0.410 e. The van der Waals surface area contributed by atoms with Crippen LogP contribution in [0, 0.1) is 5.92 Å². The van der Waals surface area contributed by atoms with Crippen molar-refractivity contribution in [2.75, 3.05) is 26.2 Å². The fourth-order valence-corrected chi connectivity index (χ4v) is 3.92. The Hall–Kier alpha value is -2.25. The predicted octanol–water partition coefficient (Wildman–Crippen LogP) is 4.38. The minimum absolute atomic E-state index is 0.172. The van der Waals surface area contributed by atoms with Crippen LogP contribution in [0.15, 0.2) is 15.6 Å². The van der Waals surface area contributed by atoms with E-state index in [0.29, 0.717) is 18.4 Å². The summed E-state index contributed by atoms with van der Waals surface area (Å²) in [5.74, 6) is 2.64. The first-order chi connectivity index (χ1) is 15.2. The number of carbonyl (C=O) groups is 1. The Bertz CT molecular complexity index is 771. The largest absolute Gasteiger partial charge is 0.444 e. The van der Waals surface area contributed by atoms with Gasteiger partial charge >= 0.3 is 6.09 Å². The topological polar surface area (TPSA) is 83.2 Å². The average molecular weight is 448 g/mol. The molecule has 1 amide bonds. The lowest BCUT2D eigenvalue weighted by atomic mass is 10.0. The molecule has 0 atom stereocenters. The minimum Gasteiger partial charge on any atom is -0.444 e. The van der Waals surface area contributed by atoms with E-state index in [-0.39, 0.29) is 12.1 Å². The molecule has 1 saturated carbocycles. The molecule has 1 aliphatic heterocycles. The van der Waals surface area contributed by atoms with Gasteiger partial charge in [-0.2, -0.15) is 0 Å². The van der Waals surface area contributed by atoms with Gasteiger partial charge in [0.2, 0.25) is 0 Å². The molecule has 180 valence electrons. The zero-order chi connectivity index (χ0) is 23.3. The predicted molar refractivity (Wildman–Crippen MR) is 126 cm³/mol. The number of hydrogen-bond acceptors (Lipinski definition) is 5. The van der Waals surface area contributed by atoms with E-state index in [0.717, 1.165) is 56.4 Å². The van der Waals surface area contributed by atoms with Crippen molar-refractivity contribution in [3.8, 4) is 0 Å². The van der Waals surface area contributed by atoms with Crippen LogP contribution in [0.3, 0.4) is 0 Å². The maximum Gasteiger partial charge on any atom is 0.410 e. The number of amides is 1. The molecule has 1 saturated heterocycles. The van der Waals surface area contributed by atoms with E-state index in [1.54, 1.807) is 0 Å². The second-order valence-electron chi connectivity index (χ2n) is 10.3. The number of rotatable bonds is 7. The van der Waals surface area contributed by atoms with Crippen LogP contribution >= 0.6 is 0 Å². The molecule has 1 aromatic rings. The molecule has 8 heteroatoms. The molecule has 1 aliphatic carbocycles. The van der Waals surface area contributed by atoms with Crippen LogP contribution in [-0.4, -0.2) is 64.8 Å². The highest BCUT2D eigenvalue weighted by Gasteiger charge is 2.35. The summed E-state index contributed by atoms with van der Waals surface area (Å²) in [6.45, 7) is 15.9. The van der Waals surface area contributed by atoms with Gasteiger partial charge in [-0.15, -0.1) is 0 Å². The Balaban J connectivity index is 1.60. The fourth-order valence-electron chi connectivity index (χ4n) is 3.92. The van der Waals surface area contributed by atoms with Crippen molar-refractivity contribution in [1.82, 2.24) is 20.3 Å². The maximum absolute atomic E-state index is 12.9. The normalized spacial score (nSPS) is 18.2. The summed E-state index contributed by atoms with van der Waals surface area (Å²) in [7, 11) is 0. The van der Waals surface area contributed by atoms with E-state index in [9.17, 15) is 4.79 Å². The molecule has 2 heterocycles. The minimum atomic E-state index is -0.472. The molecule has 32 heavy (non-hydrogen) atoms. The monoisotopic (exact) mass is 447 g/mol. The first-order valence-corrected chi connectivity index (χ1v) is 12.1. The Kier molecular flexibility index (Phi) is 8.06.